The Morgan fingerprint density at radius 3 is 1.91 bits per heavy atom. The van der Waals surface area contributed by atoms with Crippen LogP contribution in [0.15, 0.2) is 66.7 Å². The van der Waals surface area contributed by atoms with Gasteiger partial charge in [-0.25, -0.2) is 4.79 Å². The van der Waals surface area contributed by atoms with Crippen molar-refractivity contribution in [3.05, 3.63) is 72.3 Å². The number of nitrogens with two attached hydrogens (primary N) is 1. The molecule has 18 heteroatoms. The van der Waals surface area contributed by atoms with E-state index in [1.807, 2.05) is 58.0 Å². The zero-order chi connectivity index (χ0) is 59.4. The van der Waals surface area contributed by atoms with Crippen LogP contribution in [0.4, 0.5) is 0 Å². The number of likely N-dealkylation sites (tertiary alicyclic amines) is 1. The van der Waals surface area contributed by atoms with Crippen molar-refractivity contribution >= 4 is 58.1 Å². The molecular weight excluding hydrogens is 1000 g/mol. The van der Waals surface area contributed by atoms with Crippen molar-refractivity contribution in [3.63, 3.8) is 0 Å². The number of hydrogen-bond donors (Lipinski definition) is 5. The molecule has 3 aromatic rings. The summed E-state index contributed by atoms with van der Waals surface area (Å²) in [5.74, 6) is -7.10. The molecule has 0 aliphatic carbocycles. The molecule has 1 saturated heterocycles. The van der Waals surface area contributed by atoms with Crippen LogP contribution < -0.4 is 21.7 Å². The van der Waals surface area contributed by atoms with Crippen molar-refractivity contribution in [2.24, 2.45) is 35.3 Å². The standard InChI is InChI=1S/C61H92N8O10/c1-17-38(9)48(65-54(71)47-30-23-31-69(47)57(74)45(63-13)34-40-24-21-27-42(33-40)44-29-22-26-41-25-19-20-28-43(41)44)58(75)67(15)50(37(7)8)55(72)64-46(32-35(3)4)56(73)68(16)52(61(11,12)78)60(77)79-51(39(10)18-2)59(76)66(14)49(36(5)6)53(62)70/h19-22,24-29,33,35-39,45-52,63,78H,17-18,23,30-32,34H2,1-16H3,(H2,62,70)(H,64,72)(H,65,71)/t38-,39-,45-,46-,47-,48-,49-,50-,51+,52+/m0/s1. The molecule has 7 amide bonds. The van der Waals surface area contributed by atoms with Crippen LogP contribution in [0.1, 0.15) is 121 Å². The number of aliphatic hydroxyl groups is 1. The Labute approximate surface area is 469 Å². The first-order valence-electron chi connectivity index (χ1n) is 28.2. The Bertz CT molecular complexity index is 2610. The van der Waals surface area contributed by atoms with E-state index in [4.69, 9.17) is 10.5 Å². The third-order valence-electron chi connectivity index (χ3n) is 15.7. The summed E-state index contributed by atoms with van der Waals surface area (Å²) in [4.78, 5) is 119. The molecule has 0 saturated carbocycles. The van der Waals surface area contributed by atoms with Gasteiger partial charge in [-0.1, -0.05) is 142 Å². The molecule has 0 radical (unpaired) electrons. The van der Waals surface area contributed by atoms with Crippen molar-refractivity contribution in [2.75, 3.05) is 34.7 Å². The van der Waals surface area contributed by atoms with Gasteiger partial charge in [0.05, 0.1) is 11.6 Å². The Hall–Kier alpha value is -6.40. The van der Waals surface area contributed by atoms with Crippen LogP contribution in [0.25, 0.3) is 21.9 Å². The van der Waals surface area contributed by atoms with E-state index in [0.29, 0.717) is 38.6 Å². The molecule has 0 unspecified atom stereocenters. The number of likely N-dealkylation sites (N-methyl/N-ethyl adjacent to an activating group) is 4. The third kappa shape index (κ3) is 16.1. The Morgan fingerprint density at radius 2 is 1.34 bits per heavy atom. The van der Waals surface area contributed by atoms with Crippen LogP contribution in [-0.2, 0) is 49.5 Å². The Morgan fingerprint density at radius 1 is 0.747 bits per heavy atom. The van der Waals surface area contributed by atoms with Gasteiger partial charge in [-0.3, -0.25) is 33.6 Å². The molecule has 3 aromatic carbocycles. The van der Waals surface area contributed by atoms with E-state index in [-0.39, 0.29) is 24.2 Å². The normalized spacial score (nSPS) is 17.2. The van der Waals surface area contributed by atoms with Crippen molar-refractivity contribution in [1.82, 2.24) is 35.6 Å². The summed E-state index contributed by atoms with van der Waals surface area (Å²) in [6, 6.07) is 14.9. The SMILES string of the molecule is CC[C@H](C)[C@H](NC(=O)[C@@H]1CCCN1C(=O)[C@H](Cc1cccc(-c2cccc3ccccc23)c1)NC)C(=O)N(C)[C@H](C(=O)N[C@@H](CC(C)C)C(=O)N(C)[C@H](C(=O)O[C@@H](C(=O)N(C)[C@H](C(N)=O)C(C)C)[C@@H](C)CC)C(C)(C)O)C(C)C. The Kier molecular flexibility index (Phi) is 23.6. The van der Waals surface area contributed by atoms with Gasteiger partial charge < -0.3 is 51.1 Å². The molecule has 18 nitrogen and oxygen atoms in total. The molecule has 1 aliphatic rings. The van der Waals surface area contributed by atoms with Crippen LogP contribution >= 0.6 is 0 Å². The number of nitrogens with zero attached hydrogens (tertiary/aromatic N) is 4. The summed E-state index contributed by atoms with van der Waals surface area (Å²) >= 11 is 0. The quantitative estimate of drug-likeness (QED) is 0.0581. The first-order chi connectivity index (χ1) is 37.0. The van der Waals surface area contributed by atoms with Gasteiger partial charge in [0.25, 0.3) is 5.91 Å². The molecular formula is C61H92N8O10. The average Bonchev–Trinajstić information content (AvgIpc) is 3.91. The second-order valence-electron chi connectivity index (χ2n) is 23.5. The van der Waals surface area contributed by atoms with Crippen LogP contribution in [0.2, 0.25) is 0 Å². The lowest BCUT2D eigenvalue weighted by atomic mass is 9.93. The van der Waals surface area contributed by atoms with Crippen molar-refractivity contribution < 1.29 is 48.2 Å². The van der Waals surface area contributed by atoms with Gasteiger partial charge in [-0.2, -0.15) is 0 Å². The summed E-state index contributed by atoms with van der Waals surface area (Å²) in [6.07, 6.45) is 0.944. The van der Waals surface area contributed by atoms with Gasteiger partial charge in [0.15, 0.2) is 12.1 Å². The maximum absolute atomic E-state index is 14.8. The van der Waals surface area contributed by atoms with Gasteiger partial charge in [0.1, 0.15) is 30.2 Å². The number of ether oxygens (including phenoxy) is 1. The minimum atomic E-state index is -1.93. The van der Waals surface area contributed by atoms with E-state index in [1.54, 1.807) is 53.5 Å². The number of esters is 1. The molecule has 0 bridgehead atoms. The fraction of sp³-hybridized carbons (Fsp3) is 0.607. The highest BCUT2D eigenvalue weighted by molar-refractivity contribution is 5.99. The highest BCUT2D eigenvalue weighted by Gasteiger charge is 2.47. The molecule has 0 aromatic heterocycles. The first kappa shape index (κ1) is 65.1. The summed E-state index contributed by atoms with van der Waals surface area (Å²) in [5.41, 5.74) is 6.80. The fourth-order valence-corrected chi connectivity index (χ4v) is 11.0. The topological polar surface area (TPSA) is 241 Å². The number of carbonyl (C=O) groups excluding carboxylic acids is 8. The average molecular weight is 1100 g/mol. The number of carbonyl (C=O) groups is 8. The van der Waals surface area contributed by atoms with E-state index in [0.717, 1.165) is 37.3 Å². The molecule has 4 rings (SSSR count). The second-order valence-corrected chi connectivity index (χ2v) is 23.5. The smallest absolute Gasteiger partial charge is 0.332 e. The molecule has 6 N–H and O–H groups in total. The highest BCUT2D eigenvalue weighted by Crippen LogP contribution is 2.31. The first-order valence-corrected chi connectivity index (χ1v) is 28.2. The van der Waals surface area contributed by atoms with Gasteiger partial charge in [-0.15, -0.1) is 0 Å². The second kappa shape index (κ2) is 28.7. The summed E-state index contributed by atoms with van der Waals surface area (Å²) in [5, 5.41) is 22.8. The lowest BCUT2D eigenvalue weighted by Crippen LogP contribution is -2.63. The van der Waals surface area contributed by atoms with E-state index in [1.165, 1.54) is 39.9 Å². The van der Waals surface area contributed by atoms with E-state index in [2.05, 4.69) is 52.3 Å². The lowest BCUT2D eigenvalue weighted by molar-refractivity contribution is -0.177. The van der Waals surface area contributed by atoms with E-state index >= 15 is 0 Å². The zero-order valence-corrected chi connectivity index (χ0v) is 49.8. The minimum absolute atomic E-state index is 0.0988. The molecule has 0 spiro atoms. The number of benzene rings is 3. The summed E-state index contributed by atoms with van der Waals surface area (Å²) < 4.78 is 5.90. The van der Waals surface area contributed by atoms with Gasteiger partial charge >= 0.3 is 5.97 Å². The monoisotopic (exact) mass is 1100 g/mol. The third-order valence-corrected chi connectivity index (χ3v) is 15.7. The number of hydrogen-bond acceptors (Lipinski definition) is 11. The number of rotatable bonds is 27. The molecule has 1 aliphatic heterocycles. The summed E-state index contributed by atoms with van der Waals surface area (Å²) in [6.45, 7) is 20.9. The lowest BCUT2D eigenvalue weighted by Gasteiger charge is -2.39. The van der Waals surface area contributed by atoms with Gasteiger partial charge in [0.2, 0.25) is 35.4 Å². The van der Waals surface area contributed by atoms with Crippen LogP contribution in [0.3, 0.4) is 0 Å². The maximum atomic E-state index is 14.8. The largest absolute Gasteiger partial charge is 0.450 e. The number of primary amides is 1. The predicted octanol–water partition coefficient (Wildman–Crippen LogP) is 5.70. The van der Waals surface area contributed by atoms with E-state index < -0.39 is 113 Å². The van der Waals surface area contributed by atoms with Crippen LogP contribution in [0.5, 0.6) is 0 Å². The maximum Gasteiger partial charge on any atom is 0.332 e. The van der Waals surface area contributed by atoms with Gasteiger partial charge in [0, 0.05) is 33.6 Å². The molecule has 436 valence electrons. The van der Waals surface area contributed by atoms with Crippen LogP contribution in [-0.4, -0.2) is 161 Å². The fourth-order valence-electron chi connectivity index (χ4n) is 11.0. The minimum Gasteiger partial charge on any atom is -0.450 e. The number of fused-ring (bicyclic) bond motifs is 1. The molecule has 79 heavy (non-hydrogen) atoms. The predicted molar refractivity (Wildman–Crippen MR) is 308 cm³/mol. The zero-order valence-electron chi connectivity index (χ0n) is 49.8. The van der Waals surface area contributed by atoms with Gasteiger partial charge in [-0.05, 0) is 104 Å². The molecule has 10 atom stereocenters. The highest BCUT2D eigenvalue weighted by atomic mass is 16.6. The van der Waals surface area contributed by atoms with Crippen molar-refractivity contribution in [3.8, 4) is 11.1 Å². The number of nitrogens with one attached hydrogen (secondary N) is 3. The molecule has 1 heterocycles. The van der Waals surface area contributed by atoms with Crippen molar-refractivity contribution in [2.45, 2.75) is 176 Å². The van der Waals surface area contributed by atoms with Crippen LogP contribution in [0, 0.1) is 29.6 Å². The number of amides is 7. The summed E-state index contributed by atoms with van der Waals surface area (Å²) in [7, 11) is 5.92. The molecule has 1 fully saturated rings. The van der Waals surface area contributed by atoms with E-state index in [9.17, 15) is 43.5 Å². The Balaban J connectivity index is 1.55. The van der Waals surface area contributed by atoms with Crippen molar-refractivity contribution in [1.29, 1.82) is 0 Å².